The second kappa shape index (κ2) is 6.55. The summed E-state index contributed by atoms with van der Waals surface area (Å²) in [6.07, 6.45) is -20.9. The lowest BCUT2D eigenvalue weighted by atomic mass is 10.2. The third-order valence-corrected chi connectivity index (χ3v) is 2.68. The molecule has 1 atom stereocenters. The Morgan fingerprint density at radius 1 is 0.769 bits per heavy atom. The van der Waals surface area contributed by atoms with E-state index in [2.05, 4.69) is 4.74 Å². The summed E-state index contributed by atoms with van der Waals surface area (Å²) in [6, 6.07) is 5.15. The first kappa shape index (κ1) is 21.9. The van der Waals surface area contributed by atoms with Crippen molar-refractivity contribution in [1.29, 1.82) is 0 Å². The summed E-state index contributed by atoms with van der Waals surface area (Å²) in [5.74, 6) is -16.5. The van der Waals surface area contributed by atoms with Gasteiger partial charge in [0.2, 0.25) is 0 Å². The number of carbonyl (C=O) groups excluding carboxylic acids is 1. The lowest BCUT2D eigenvalue weighted by molar-refractivity contribution is -0.472. The van der Waals surface area contributed by atoms with Crippen LogP contribution in [0.5, 0.6) is 0 Å². The smallest absolute Gasteiger partial charge is 0.321 e. The Bertz CT molecular complexity index is 641. The van der Waals surface area contributed by atoms with Gasteiger partial charge in [-0.05, 0) is 12.1 Å². The average Bonchev–Trinajstić information content (AvgIpc) is 2.45. The van der Waals surface area contributed by atoms with E-state index in [1.807, 2.05) is 0 Å². The molecule has 0 unspecified atom stereocenters. The normalized spacial score (nSPS) is 16.1. The van der Waals surface area contributed by atoms with Crippen molar-refractivity contribution in [2.45, 2.75) is 30.2 Å². The minimum Gasteiger partial charge on any atom is -0.321 e. The van der Waals surface area contributed by atoms with Crippen LogP contribution in [0.1, 0.15) is 0 Å². The number of benzene rings is 1. The fourth-order valence-electron chi connectivity index (χ4n) is 1.37. The van der Waals surface area contributed by atoms with E-state index in [-0.39, 0.29) is 0 Å². The number of rotatable bonds is 5. The van der Waals surface area contributed by atoms with Crippen molar-refractivity contribution >= 4 is 11.6 Å². The van der Waals surface area contributed by atoms with Crippen LogP contribution in [-0.4, -0.2) is 36.1 Å². The minimum absolute atomic E-state index is 0.613. The number of nitrogens with one attached hydrogen (secondary N) is 1. The van der Waals surface area contributed by atoms with Crippen LogP contribution in [0, 0.1) is 0 Å². The molecule has 0 aliphatic rings. The largest absolute Gasteiger partial charge is 0.462 e. The highest BCUT2D eigenvalue weighted by Crippen LogP contribution is 2.51. The number of carbonyl (C=O) groups is 1. The first-order valence-electron chi connectivity index (χ1n) is 6.10. The minimum atomic E-state index is -7.23. The molecule has 0 fully saturated rings. The van der Waals surface area contributed by atoms with Gasteiger partial charge in [-0.15, -0.1) is 0 Å². The highest BCUT2D eigenvalue weighted by molar-refractivity contribution is 5.96. The van der Waals surface area contributed by atoms with E-state index in [4.69, 9.17) is 0 Å². The summed E-state index contributed by atoms with van der Waals surface area (Å²) in [6.45, 7) is 0. The van der Waals surface area contributed by atoms with Gasteiger partial charge in [0.1, 0.15) is 0 Å². The zero-order chi connectivity index (χ0) is 20.6. The number of alkyl halides is 11. The Balaban J connectivity index is 3.27. The highest BCUT2D eigenvalue weighted by atomic mass is 19.4. The Hall–Kier alpha value is -2.12. The first-order valence-corrected chi connectivity index (χ1v) is 6.10. The second-order valence-corrected chi connectivity index (χ2v) is 4.60. The quantitative estimate of drug-likeness (QED) is 0.724. The monoisotopic (exact) mass is 405 g/mol. The summed E-state index contributed by atoms with van der Waals surface area (Å²) in [4.78, 5) is 11.3. The molecule has 0 radical (unpaired) electrons. The fraction of sp³-hybridized carbons (Fsp3) is 0.417. The molecule has 0 aliphatic heterocycles. The van der Waals surface area contributed by atoms with Crippen molar-refractivity contribution in [1.82, 2.24) is 0 Å². The molecule has 1 aromatic carbocycles. The van der Waals surface area contributed by atoms with Crippen molar-refractivity contribution < 1.29 is 57.8 Å². The van der Waals surface area contributed by atoms with Crippen molar-refractivity contribution in [3.8, 4) is 0 Å². The maximum Gasteiger partial charge on any atom is 0.462 e. The SMILES string of the molecule is O=C(Nc1ccccc1)[C@](F)(OC(F)(F)C(F)(F)C(F)(F)F)C(F)(F)F. The van der Waals surface area contributed by atoms with Crippen LogP contribution in [-0.2, 0) is 9.53 Å². The summed E-state index contributed by atoms with van der Waals surface area (Å²) in [5.41, 5.74) is -0.613. The van der Waals surface area contributed by atoms with Crippen LogP contribution in [0.15, 0.2) is 30.3 Å². The molecule has 0 aliphatic carbocycles. The van der Waals surface area contributed by atoms with Crippen LogP contribution < -0.4 is 5.32 Å². The fourth-order valence-corrected chi connectivity index (χ4v) is 1.37. The van der Waals surface area contributed by atoms with Gasteiger partial charge in [-0.25, -0.2) is 0 Å². The molecule has 0 heterocycles. The van der Waals surface area contributed by atoms with E-state index in [0.29, 0.717) is 0 Å². The van der Waals surface area contributed by atoms with Gasteiger partial charge in [0, 0.05) is 5.69 Å². The number of hydrogen-bond acceptors (Lipinski definition) is 2. The van der Waals surface area contributed by atoms with Gasteiger partial charge in [0.05, 0.1) is 0 Å². The zero-order valence-electron chi connectivity index (χ0n) is 11.9. The van der Waals surface area contributed by atoms with Gasteiger partial charge in [0.15, 0.2) is 0 Å². The molecule has 3 nitrogen and oxygen atoms in total. The number of halogens is 11. The number of amides is 1. The predicted octanol–water partition coefficient (Wildman–Crippen LogP) is 4.66. The Morgan fingerprint density at radius 2 is 1.23 bits per heavy atom. The van der Waals surface area contributed by atoms with Crippen molar-refractivity contribution in [2.75, 3.05) is 5.32 Å². The van der Waals surface area contributed by atoms with E-state index in [0.717, 1.165) is 29.6 Å². The van der Waals surface area contributed by atoms with E-state index < -0.39 is 41.8 Å². The van der Waals surface area contributed by atoms with Crippen molar-refractivity contribution in [3.05, 3.63) is 30.3 Å². The summed E-state index contributed by atoms with van der Waals surface area (Å²) in [7, 11) is 0. The third kappa shape index (κ3) is 3.99. The molecule has 1 aromatic rings. The maximum absolute atomic E-state index is 13.9. The predicted molar refractivity (Wildman–Crippen MR) is 62.0 cm³/mol. The summed E-state index contributed by atoms with van der Waals surface area (Å²) >= 11 is 0. The molecular weight excluding hydrogens is 399 g/mol. The molecule has 0 spiro atoms. The van der Waals surface area contributed by atoms with E-state index >= 15 is 0 Å². The van der Waals surface area contributed by atoms with E-state index in [9.17, 15) is 53.1 Å². The molecule has 1 rings (SSSR count). The van der Waals surface area contributed by atoms with E-state index in [1.54, 1.807) is 0 Å². The lowest BCUT2D eigenvalue weighted by Crippen LogP contribution is -2.62. The van der Waals surface area contributed by atoms with Crippen LogP contribution in [0.3, 0.4) is 0 Å². The zero-order valence-corrected chi connectivity index (χ0v) is 11.9. The Morgan fingerprint density at radius 3 is 1.62 bits per heavy atom. The van der Waals surface area contributed by atoms with Gasteiger partial charge >= 0.3 is 30.2 Å². The molecular formula is C12H6F11NO2. The van der Waals surface area contributed by atoms with Gasteiger partial charge in [-0.2, -0.15) is 48.3 Å². The average molecular weight is 405 g/mol. The molecule has 148 valence electrons. The number of para-hydroxylation sites is 1. The third-order valence-electron chi connectivity index (χ3n) is 2.68. The first-order chi connectivity index (χ1) is 11.5. The number of hydrogen-bond donors (Lipinski definition) is 1. The lowest BCUT2D eigenvalue weighted by Gasteiger charge is -2.34. The topological polar surface area (TPSA) is 38.3 Å². The van der Waals surface area contributed by atoms with Gasteiger partial charge in [0.25, 0.3) is 5.91 Å². The molecule has 1 N–H and O–H groups in total. The van der Waals surface area contributed by atoms with Crippen LogP contribution in [0.2, 0.25) is 0 Å². The number of anilines is 1. The summed E-state index contributed by atoms with van der Waals surface area (Å²) < 4.78 is 141. The molecule has 0 bridgehead atoms. The van der Waals surface area contributed by atoms with Gasteiger partial charge < -0.3 is 5.32 Å². The highest BCUT2D eigenvalue weighted by Gasteiger charge is 2.79. The van der Waals surface area contributed by atoms with Crippen LogP contribution in [0.4, 0.5) is 54.0 Å². The maximum atomic E-state index is 13.9. The van der Waals surface area contributed by atoms with Crippen LogP contribution in [0.25, 0.3) is 0 Å². The van der Waals surface area contributed by atoms with Crippen LogP contribution >= 0.6 is 0 Å². The van der Waals surface area contributed by atoms with Gasteiger partial charge in [-0.3, -0.25) is 9.53 Å². The molecule has 0 saturated heterocycles. The summed E-state index contributed by atoms with van der Waals surface area (Å²) in [5, 5.41) is 1.08. The van der Waals surface area contributed by atoms with Gasteiger partial charge in [-0.1, -0.05) is 18.2 Å². The molecule has 26 heavy (non-hydrogen) atoms. The Labute approximate surface area is 136 Å². The molecule has 0 saturated carbocycles. The van der Waals surface area contributed by atoms with E-state index in [1.165, 1.54) is 6.07 Å². The van der Waals surface area contributed by atoms with Crippen molar-refractivity contribution in [2.24, 2.45) is 0 Å². The number of ether oxygens (including phenoxy) is 1. The van der Waals surface area contributed by atoms with Crippen molar-refractivity contribution in [3.63, 3.8) is 0 Å². The standard InChI is InChI=1S/C12H6F11NO2/c13-8(10(16,17)18,7(25)24-6-4-2-1-3-5-6)26-12(22,23)9(14,15)11(19,20)21/h1-5H,(H,24,25)/t8-/m0/s1. The second-order valence-electron chi connectivity index (χ2n) is 4.60. The molecule has 1 amide bonds. The molecule has 14 heteroatoms. The Kier molecular flexibility index (Phi) is 5.53. The molecule has 0 aromatic heterocycles.